The van der Waals surface area contributed by atoms with Crippen molar-refractivity contribution >= 4 is 11.9 Å². The number of unbranched alkanes of at least 4 members (excludes halogenated alkanes) is 7. The normalized spacial score (nSPS) is 13.5. The topological polar surface area (TPSA) is 78.4 Å². The molecule has 0 heterocycles. The molecule has 0 bridgehead atoms. The maximum absolute atomic E-state index is 12.6. The van der Waals surface area contributed by atoms with E-state index in [0.717, 1.165) is 25.8 Å². The fourth-order valence-corrected chi connectivity index (χ4v) is 3.29. The van der Waals surface area contributed by atoms with Gasteiger partial charge in [-0.3, -0.25) is 4.79 Å². The molecular formula is C23H44N2O3. The monoisotopic (exact) mass is 396 g/mol. The number of hydrogen-bond acceptors (Lipinski definition) is 3. The summed E-state index contributed by atoms with van der Waals surface area (Å²) in [6, 6.07) is -1.14. The van der Waals surface area contributed by atoms with E-state index < -0.39 is 12.0 Å². The minimum atomic E-state index is -0.960. The van der Waals surface area contributed by atoms with E-state index in [1.807, 2.05) is 19.9 Å². The molecule has 0 radical (unpaired) electrons. The fraction of sp³-hybridized carbons (Fsp3) is 0.826. The first-order chi connectivity index (χ1) is 13.3. The number of rotatable bonds is 18. The lowest BCUT2D eigenvalue weighted by molar-refractivity contribution is -0.142. The van der Waals surface area contributed by atoms with Gasteiger partial charge in [0.05, 0.1) is 6.04 Å². The van der Waals surface area contributed by atoms with Crippen LogP contribution < -0.4 is 10.6 Å². The number of aliphatic carboxylic acids is 1. The molecule has 0 unspecified atom stereocenters. The summed E-state index contributed by atoms with van der Waals surface area (Å²) < 4.78 is 0. The molecule has 0 rings (SSSR count). The minimum Gasteiger partial charge on any atom is -0.480 e. The van der Waals surface area contributed by atoms with E-state index in [4.69, 9.17) is 0 Å². The van der Waals surface area contributed by atoms with Gasteiger partial charge in [-0.15, -0.1) is 6.58 Å². The number of amides is 1. The molecule has 0 aromatic rings. The van der Waals surface area contributed by atoms with Gasteiger partial charge in [0.2, 0.25) is 5.91 Å². The molecule has 5 heteroatoms. The lowest BCUT2D eigenvalue weighted by atomic mass is 10.0. The molecule has 0 aromatic carbocycles. The summed E-state index contributed by atoms with van der Waals surface area (Å²) in [7, 11) is 0. The SMILES string of the molecule is C=CCCCCCCCCCN[C@H](CC(C)C)C(=O)N[C@H](CC(C)C)C(=O)O. The van der Waals surface area contributed by atoms with Crippen molar-refractivity contribution in [2.24, 2.45) is 11.8 Å². The van der Waals surface area contributed by atoms with Crippen molar-refractivity contribution in [3.8, 4) is 0 Å². The summed E-state index contributed by atoms with van der Waals surface area (Å²) in [5.41, 5.74) is 0. The van der Waals surface area contributed by atoms with Gasteiger partial charge in [0.1, 0.15) is 6.04 Å². The standard InChI is InChI=1S/C23H44N2O3/c1-6-7-8-9-10-11-12-13-14-15-24-20(16-18(2)3)22(26)25-21(23(27)28)17-19(4)5/h6,18-21,24H,1,7-17H2,2-5H3,(H,25,26)(H,27,28)/t20-,21-/m1/s1. The Morgan fingerprint density at radius 1 is 0.857 bits per heavy atom. The Labute approximate surface area is 172 Å². The number of carboxylic acids is 1. The van der Waals surface area contributed by atoms with E-state index in [-0.39, 0.29) is 17.9 Å². The van der Waals surface area contributed by atoms with E-state index in [0.29, 0.717) is 18.8 Å². The first kappa shape index (κ1) is 26.6. The fourth-order valence-electron chi connectivity index (χ4n) is 3.29. The Morgan fingerprint density at radius 3 is 1.86 bits per heavy atom. The summed E-state index contributed by atoms with van der Waals surface area (Å²) in [4.78, 5) is 24.0. The average molecular weight is 397 g/mol. The highest BCUT2D eigenvalue weighted by Crippen LogP contribution is 2.10. The summed E-state index contributed by atoms with van der Waals surface area (Å²) in [6.45, 7) is 12.6. The second-order valence-corrected chi connectivity index (χ2v) is 8.72. The lowest BCUT2D eigenvalue weighted by Gasteiger charge is -2.23. The molecule has 0 spiro atoms. The van der Waals surface area contributed by atoms with Crippen LogP contribution in [-0.2, 0) is 9.59 Å². The predicted octanol–water partition coefficient (Wildman–Crippen LogP) is 4.91. The molecule has 164 valence electrons. The van der Waals surface area contributed by atoms with Crippen LogP contribution >= 0.6 is 0 Å². The van der Waals surface area contributed by atoms with Crippen molar-refractivity contribution in [1.29, 1.82) is 0 Å². The number of hydrogen-bond donors (Lipinski definition) is 3. The number of carbonyl (C=O) groups excluding carboxylic acids is 1. The minimum absolute atomic E-state index is 0.191. The van der Waals surface area contributed by atoms with Crippen molar-refractivity contribution in [3.05, 3.63) is 12.7 Å². The van der Waals surface area contributed by atoms with Crippen molar-refractivity contribution in [1.82, 2.24) is 10.6 Å². The van der Waals surface area contributed by atoms with Crippen molar-refractivity contribution in [3.63, 3.8) is 0 Å². The number of carbonyl (C=O) groups is 2. The van der Waals surface area contributed by atoms with Crippen LogP contribution in [0.5, 0.6) is 0 Å². The van der Waals surface area contributed by atoms with Crippen molar-refractivity contribution in [2.45, 2.75) is 104 Å². The van der Waals surface area contributed by atoms with Crippen LogP contribution in [0.2, 0.25) is 0 Å². The smallest absolute Gasteiger partial charge is 0.326 e. The molecule has 0 aromatic heterocycles. The molecule has 5 nitrogen and oxygen atoms in total. The number of allylic oxidation sites excluding steroid dienone is 1. The van der Waals surface area contributed by atoms with Crippen molar-refractivity contribution < 1.29 is 14.7 Å². The zero-order valence-electron chi connectivity index (χ0n) is 18.6. The Hall–Kier alpha value is -1.36. The van der Waals surface area contributed by atoms with Gasteiger partial charge < -0.3 is 15.7 Å². The maximum Gasteiger partial charge on any atom is 0.326 e. The van der Waals surface area contributed by atoms with E-state index >= 15 is 0 Å². The molecule has 0 aliphatic heterocycles. The second-order valence-electron chi connectivity index (χ2n) is 8.72. The summed E-state index contributed by atoms with van der Waals surface area (Å²) in [5, 5.41) is 15.4. The highest BCUT2D eigenvalue weighted by Gasteiger charge is 2.26. The van der Waals surface area contributed by atoms with Crippen LogP contribution in [0.25, 0.3) is 0 Å². The Balaban J connectivity index is 4.23. The predicted molar refractivity (Wildman–Crippen MR) is 117 cm³/mol. The highest BCUT2D eigenvalue weighted by molar-refractivity contribution is 5.86. The van der Waals surface area contributed by atoms with Crippen LogP contribution in [0.4, 0.5) is 0 Å². The molecule has 3 N–H and O–H groups in total. The van der Waals surface area contributed by atoms with Crippen LogP contribution in [-0.4, -0.2) is 35.6 Å². The Kier molecular flexibility index (Phi) is 15.8. The van der Waals surface area contributed by atoms with E-state index in [1.54, 1.807) is 0 Å². The van der Waals surface area contributed by atoms with E-state index in [9.17, 15) is 14.7 Å². The molecule has 0 fully saturated rings. The molecule has 0 aliphatic rings. The molecule has 1 amide bonds. The van der Waals surface area contributed by atoms with Gasteiger partial charge in [0, 0.05) is 0 Å². The molecule has 0 aliphatic carbocycles. The first-order valence-corrected chi connectivity index (χ1v) is 11.1. The van der Waals surface area contributed by atoms with Gasteiger partial charge in [-0.2, -0.15) is 0 Å². The third kappa shape index (κ3) is 14.7. The number of carboxylic acid groups (broad SMARTS) is 1. The van der Waals surface area contributed by atoms with E-state index in [2.05, 4.69) is 31.1 Å². The maximum atomic E-state index is 12.6. The molecule has 2 atom stereocenters. The van der Waals surface area contributed by atoms with Crippen LogP contribution in [0.3, 0.4) is 0 Å². The average Bonchev–Trinajstić information content (AvgIpc) is 2.60. The van der Waals surface area contributed by atoms with Gasteiger partial charge in [-0.1, -0.05) is 65.9 Å². The third-order valence-corrected chi connectivity index (χ3v) is 4.82. The van der Waals surface area contributed by atoms with E-state index in [1.165, 1.54) is 32.1 Å². The Bertz CT molecular complexity index is 436. The van der Waals surface area contributed by atoms with Gasteiger partial charge in [-0.05, 0) is 50.5 Å². The lowest BCUT2D eigenvalue weighted by Crippen LogP contribution is -2.51. The highest BCUT2D eigenvalue weighted by atomic mass is 16.4. The van der Waals surface area contributed by atoms with Crippen LogP contribution in [0.1, 0.15) is 91.9 Å². The van der Waals surface area contributed by atoms with Crippen LogP contribution in [0, 0.1) is 11.8 Å². The third-order valence-electron chi connectivity index (χ3n) is 4.82. The molecule has 0 saturated heterocycles. The summed E-state index contributed by atoms with van der Waals surface area (Å²) in [6.07, 6.45) is 12.8. The summed E-state index contributed by atoms with van der Waals surface area (Å²) >= 11 is 0. The zero-order chi connectivity index (χ0) is 21.4. The molecule has 0 saturated carbocycles. The van der Waals surface area contributed by atoms with Crippen molar-refractivity contribution in [2.75, 3.05) is 6.54 Å². The van der Waals surface area contributed by atoms with Gasteiger partial charge in [-0.25, -0.2) is 4.79 Å². The van der Waals surface area contributed by atoms with Crippen LogP contribution in [0.15, 0.2) is 12.7 Å². The first-order valence-electron chi connectivity index (χ1n) is 11.1. The Morgan fingerprint density at radius 2 is 1.36 bits per heavy atom. The van der Waals surface area contributed by atoms with Gasteiger partial charge in [0.15, 0.2) is 0 Å². The number of nitrogens with one attached hydrogen (secondary N) is 2. The van der Waals surface area contributed by atoms with Gasteiger partial charge >= 0.3 is 5.97 Å². The summed E-state index contributed by atoms with van der Waals surface area (Å²) in [5.74, 6) is -0.565. The molecule has 28 heavy (non-hydrogen) atoms. The largest absolute Gasteiger partial charge is 0.480 e. The molecular weight excluding hydrogens is 352 g/mol. The second kappa shape index (κ2) is 16.6. The van der Waals surface area contributed by atoms with Gasteiger partial charge in [0.25, 0.3) is 0 Å². The zero-order valence-corrected chi connectivity index (χ0v) is 18.6. The quantitative estimate of drug-likeness (QED) is 0.227.